The van der Waals surface area contributed by atoms with Gasteiger partial charge in [0, 0.05) is 23.0 Å². The Morgan fingerprint density at radius 2 is 2.04 bits per heavy atom. The normalized spacial score (nSPS) is 13.4. The van der Waals surface area contributed by atoms with Gasteiger partial charge >= 0.3 is 0 Å². The zero-order valence-electron chi connectivity index (χ0n) is 14.8. The van der Waals surface area contributed by atoms with E-state index in [9.17, 15) is 10.1 Å². The van der Waals surface area contributed by atoms with Gasteiger partial charge in [-0.1, -0.05) is 25.1 Å². The van der Waals surface area contributed by atoms with Crippen molar-refractivity contribution in [3.63, 3.8) is 0 Å². The van der Waals surface area contributed by atoms with Crippen LogP contribution in [0.4, 0.5) is 0 Å². The van der Waals surface area contributed by atoms with Gasteiger partial charge in [-0.2, -0.15) is 5.26 Å². The molecule has 1 atom stereocenters. The van der Waals surface area contributed by atoms with Gasteiger partial charge in [-0.25, -0.2) is 0 Å². The zero-order valence-corrected chi connectivity index (χ0v) is 14.8. The van der Waals surface area contributed by atoms with Gasteiger partial charge < -0.3 is 4.98 Å². The van der Waals surface area contributed by atoms with Crippen molar-refractivity contribution < 1.29 is 0 Å². The van der Waals surface area contributed by atoms with E-state index >= 15 is 0 Å². The van der Waals surface area contributed by atoms with Crippen molar-refractivity contribution in [2.45, 2.75) is 39.0 Å². The number of nitrogens with zero attached hydrogens (tertiary/aromatic N) is 2. The second kappa shape index (κ2) is 6.52. The predicted octanol–water partition coefficient (Wildman–Crippen LogP) is 3.82. The third kappa shape index (κ3) is 3.32. The summed E-state index contributed by atoms with van der Waals surface area (Å²) in [5, 5.41) is 10.8. The summed E-state index contributed by atoms with van der Waals surface area (Å²) in [7, 11) is 0. The molecule has 126 valence electrons. The SMILES string of the molecule is CCc1cc2ccc(C(C)(C#N)Cc3ccc(C)nc3)cc2[nH]c1=O. The first-order valence-corrected chi connectivity index (χ1v) is 8.44. The van der Waals surface area contributed by atoms with E-state index < -0.39 is 5.41 Å². The number of hydrogen-bond donors (Lipinski definition) is 1. The van der Waals surface area contributed by atoms with Gasteiger partial charge in [-0.3, -0.25) is 9.78 Å². The van der Waals surface area contributed by atoms with Crippen LogP contribution in [0.2, 0.25) is 0 Å². The van der Waals surface area contributed by atoms with Gasteiger partial charge in [0.25, 0.3) is 5.56 Å². The van der Waals surface area contributed by atoms with Gasteiger partial charge in [-0.05, 0) is 61.4 Å². The fraction of sp³-hybridized carbons (Fsp3) is 0.286. The van der Waals surface area contributed by atoms with Crippen LogP contribution in [0.3, 0.4) is 0 Å². The van der Waals surface area contributed by atoms with E-state index in [4.69, 9.17) is 0 Å². The predicted molar refractivity (Wildman–Crippen MR) is 99.6 cm³/mol. The Balaban J connectivity index is 2.04. The van der Waals surface area contributed by atoms with Crippen molar-refractivity contribution in [2.24, 2.45) is 0 Å². The molecule has 3 aromatic rings. The number of nitrogens with one attached hydrogen (secondary N) is 1. The molecule has 3 rings (SSSR count). The number of aryl methyl sites for hydroxylation is 2. The molecule has 4 nitrogen and oxygen atoms in total. The van der Waals surface area contributed by atoms with Crippen LogP contribution in [-0.2, 0) is 18.3 Å². The van der Waals surface area contributed by atoms with Crippen LogP contribution in [-0.4, -0.2) is 9.97 Å². The van der Waals surface area contributed by atoms with E-state index in [1.54, 1.807) is 0 Å². The van der Waals surface area contributed by atoms with Crippen LogP contribution < -0.4 is 5.56 Å². The Bertz CT molecular complexity index is 1010. The van der Waals surface area contributed by atoms with Gasteiger partial charge in [0.2, 0.25) is 0 Å². The molecule has 0 amide bonds. The lowest BCUT2D eigenvalue weighted by Crippen LogP contribution is -2.23. The number of rotatable bonds is 4. The fourth-order valence-corrected chi connectivity index (χ4v) is 3.07. The summed E-state index contributed by atoms with van der Waals surface area (Å²) < 4.78 is 0. The monoisotopic (exact) mass is 331 g/mol. The van der Waals surface area contributed by atoms with Crippen LogP contribution in [0.25, 0.3) is 10.9 Å². The van der Waals surface area contributed by atoms with Gasteiger partial charge in [-0.15, -0.1) is 0 Å². The van der Waals surface area contributed by atoms with Crippen molar-refractivity contribution >= 4 is 10.9 Å². The lowest BCUT2D eigenvalue weighted by Gasteiger charge is -2.22. The highest BCUT2D eigenvalue weighted by atomic mass is 16.1. The molecule has 0 fully saturated rings. The molecule has 0 aliphatic carbocycles. The number of pyridine rings is 2. The number of aromatic amines is 1. The summed E-state index contributed by atoms with van der Waals surface area (Å²) in [6.45, 7) is 5.83. The standard InChI is InChI=1S/C21H21N3O/c1-4-16-9-17-7-8-18(10-19(17)24-20(16)25)21(3,13-22)11-15-6-5-14(2)23-12-15/h5-10,12H,4,11H2,1-3H3,(H,24,25). The van der Waals surface area contributed by atoms with E-state index in [0.29, 0.717) is 12.8 Å². The minimum absolute atomic E-state index is 0.0615. The lowest BCUT2D eigenvalue weighted by molar-refractivity contribution is 0.605. The van der Waals surface area contributed by atoms with Gasteiger partial charge in [0.1, 0.15) is 0 Å². The molecule has 4 heteroatoms. The number of nitriles is 1. The molecule has 0 aliphatic heterocycles. The van der Waals surface area contributed by atoms with E-state index in [2.05, 4.69) is 16.0 Å². The molecule has 2 heterocycles. The van der Waals surface area contributed by atoms with E-state index in [1.165, 1.54) is 0 Å². The maximum atomic E-state index is 12.1. The summed E-state index contributed by atoms with van der Waals surface area (Å²) in [4.78, 5) is 19.3. The zero-order chi connectivity index (χ0) is 18.0. The Kier molecular flexibility index (Phi) is 4.41. The second-order valence-electron chi connectivity index (χ2n) is 6.71. The van der Waals surface area contributed by atoms with Crippen molar-refractivity contribution in [2.75, 3.05) is 0 Å². The Morgan fingerprint density at radius 1 is 1.24 bits per heavy atom. The minimum Gasteiger partial charge on any atom is -0.322 e. The van der Waals surface area contributed by atoms with Gasteiger partial charge in [0.15, 0.2) is 0 Å². The molecule has 0 saturated carbocycles. The quantitative estimate of drug-likeness (QED) is 0.790. The first-order valence-electron chi connectivity index (χ1n) is 8.44. The molecule has 0 spiro atoms. The van der Waals surface area contributed by atoms with Crippen LogP contribution in [0.1, 0.15) is 36.2 Å². The smallest absolute Gasteiger partial charge is 0.251 e. The van der Waals surface area contributed by atoms with Gasteiger partial charge in [0.05, 0.1) is 11.5 Å². The third-order valence-electron chi connectivity index (χ3n) is 4.72. The molecule has 25 heavy (non-hydrogen) atoms. The first-order chi connectivity index (χ1) is 11.9. The largest absolute Gasteiger partial charge is 0.322 e. The summed E-state index contributed by atoms with van der Waals surface area (Å²) in [6.07, 6.45) is 3.09. The number of hydrogen-bond acceptors (Lipinski definition) is 3. The molecule has 1 N–H and O–H groups in total. The number of aromatic nitrogens is 2. The van der Waals surface area contributed by atoms with Crippen LogP contribution in [0.5, 0.6) is 0 Å². The highest BCUT2D eigenvalue weighted by Crippen LogP contribution is 2.29. The molecule has 1 unspecified atom stereocenters. The summed E-state index contributed by atoms with van der Waals surface area (Å²) >= 11 is 0. The van der Waals surface area contributed by atoms with E-state index in [1.807, 2.05) is 63.4 Å². The van der Waals surface area contributed by atoms with Crippen molar-refractivity contribution in [1.82, 2.24) is 9.97 Å². The average molecular weight is 331 g/mol. The fourth-order valence-electron chi connectivity index (χ4n) is 3.07. The van der Waals surface area contributed by atoms with Crippen LogP contribution in [0.15, 0.2) is 47.4 Å². The van der Waals surface area contributed by atoms with Crippen molar-refractivity contribution in [1.29, 1.82) is 5.26 Å². The third-order valence-corrected chi connectivity index (χ3v) is 4.72. The number of H-pyrrole nitrogens is 1. The van der Waals surface area contributed by atoms with Crippen molar-refractivity contribution in [3.05, 3.63) is 75.3 Å². The molecular weight excluding hydrogens is 310 g/mol. The molecule has 0 aliphatic rings. The summed E-state index contributed by atoms with van der Waals surface area (Å²) in [6, 6.07) is 14.2. The van der Waals surface area contributed by atoms with Crippen molar-refractivity contribution in [3.8, 4) is 6.07 Å². The molecule has 0 radical (unpaired) electrons. The summed E-state index contributed by atoms with van der Waals surface area (Å²) in [5.74, 6) is 0. The number of fused-ring (bicyclic) bond motifs is 1. The highest BCUT2D eigenvalue weighted by molar-refractivity contribution is 5.80. The maximum Gasteiger partial charge on any atom is 0.251 e. The van der Waals surface area contributed by atoms with E-state index in [-0.39, 0.29) is 5.56 Å². The molecule has 2 aromatic heterocycles. The minimum atomic E-state index is -0.689. The Morgan fingerprint density at radius 3 is 2.68 bits per heavy atom. The maximum absolute atomic E-state index is 12.1. The molecule has 1 aromatic carbocycles. The lowest BCUT2D eigenvalue weighted by atomic mass is 9.78. The topological polar surface area (TPSA) is 69.5 Å². The molecule has 0 saturated heterocycles. The highest BCUT2D eigenvalue weighted by Gasteiger charge is 2.27. The Hall–Kier alpha value is -2.93. The number of benzene rings is 1. The summed E-state index contributed by atoms with van der Waals surface area (Å²) in [5.41, 5.74) is 3.65. The first kappa shape index (κ1) is 16.9. The molecule has 0 bridgehead atoms. The van der Waals surface area contributed by atoms with Crippen LogP contribution in [0, 0.1) is 18.3 Å². The average Bonchev–Trinajstić information content (AvgIpc) is 2.62. The van der Waals surface area contributed by atoms with Crippen LogP contribution >= 0.6 is 0 Å². The van der Waals surface area contributed by atoms with E-state index in [0.717, 1.165) is 33.3 Å². The molecular formula is C21H21N3O. The Labute approximate surface area is 147 Å². The second-order valence-corrected chi connectivity index (χ2v) is 6.71.